The van der Waals surface area contributed by atoms with E-state index < -0.39 is 8.80 Å². The van der Waals surface area contributed by atoms with E-state index in [0.29, 0.717) is 19.7 Å². The van der Waals surface area contributed by atoms with E-state index in [1.165, 1.54) is 5.56 Å². The molecule has 2 unspecified atom stereocenters. The summed E-state index contributed by atoms with van der Waals surface area (Å²) in [5.74, 6) is 0. The van der Waals surface area contributed by atoms with E-state index in [-0.39, 0.29) is 12.1 Å². The quantitative estimate of drug-likeness (QED) is 0.245. The third kappa shape index (κ3) is 7.67. The second kappa shape index (κ2) is 13.2. The molecular formula is C19H35N3O3Si. The van der Waals surface area contributed by atoms with Crippen molar-refractivity contribution in [2.45, 2.75) is 37.4 Å². The number of nitrogens with two attached hydrogens (primary N) is 2. The maximum Gasteiger partial charge on any atom is 0.500 e. The van der Waals surface area contributed by atoms with E-state index in [1.807, 2.05) is 24.3 Å². The fourth-order valence-electron chi connectivity index (χ4n) is 2.87. The molecule has 0 aliphatic carbocycles. The van der Waals surface area contributed by atoms with Gasteiger partial charge in [0, 0.05) is 32.9 Å². The monoisotopic (exact) mass is 381 g/mol. The Morgan fingerprint density at radius 2 is 1.81 bits per heavy atom. The van der Waals surface area contributed by atoms with Crippen LogP contribution >= 0.6 is 0 Å². The van der Waals surface area contributed by atoms with E-state index in [4.69, 9.17) is 24.7 Å². The second-order valence-electron chi connectivity index (χ2n) is 6.19. The maximum absolute atomic E-state index is 5.95. The Morgan fingerprint density at radius 1 is 1.12 bits per heavy atom. The minimum absolute atomic E-state index is 0.0760. The van der Waals surface area contributed by atoms with Crippen LogP contribution in [0.4, 0.5) is 0 Å². The van der Waals surface area contributed by atoms with Crippen LogP contribution in [-0.4, -0.2) is 48.8 Å². The largest absolute Gasteiger partial charge is 0.500 e. The summed E-state index contributed by atoms with van der Waals surface area (Å²) in [7, 11) is 0.630. The van der Waals surface area contributed by atoms with Crippen LogP contribution in [0.5, 0.6) is 0 Å². The van der Waals surface area contributed by atoms with Crippen molar-refractivity contribution in [2.75, 3.05) is 33.9 Å². The van der Waals surface area contributed by atoms with Crippen LogP contribution in [0.1, 0.15) is 30.9 Å². The summed E-state index contributed by atoms with van der Waals surface area (Å²) in [5, 5.41) is 3.65. The highest BCUT2D eigenvalue weighted by atomic mass is 28.4. The molecular weight excluding hydrogens is 346 g/mol. The normalized spacial score (nSPS) is 14.2. The molecule has 2 atom stereocenters. The Balaban J connectivity index is 2.71. The van der Waals surface area contributed by atoms with Crippen molar-refractivity contribution in [3.05, 3.63) is 48.6 Å². The van der Waals surface area contributed by atoms with Gasteiger partial charge < -0.3 is 30.1 Å². The minimum Gasteiger partial charge on any atom is -0.377 e. The summed E-state index contributed by atoms with van der Waals surface area (Å²) in [4.78, 5) is 0. The van der Waals surface area contributed by atoms with Gasteiger partial charge in [-0.05, 0) is 37.9 Å². The first-order chi connectivity index (χ1) is 12.6. The average molecular weight is 382 g/mol. The van der Waals surface area contributed by atoms with E-state index in [0.717, 1.165) is 25.3 Å². The molecule has 0 aliphatic rings. The average Bonchev–Trinajstić information content (AvgIpc) is 2.69. The van der Waals surface area contributed by atoms with Crippen LogP contribution in [-0.2, 0) is 13.3 Å². The van der Waals surface area contributed by atoms with Gasteiger partial charge in [-0.1, -0.05) is 36.4 Å². The number of hydrogen-bond donors (Lipinski definition) is 3. The van der Waals surface area contributed by atoms with Crippen LogP contribution in [0.3, 0.4) is 0 Å². The number of hydrogen-bond acceptors (Lipinski definition) is 6. The van der Waals surface area contributed by atoms with Gasteiger partial charge in [-0.25, -0.2) is 0 Å². The lowest BCUT2D eigenvalue weighted by atomic mass is 10.0. The van der Waals surface area contributed by atoms with Crippen LogP contribution in [0, 0.1) is 0 Å². The van der Waals surface area contributed by atoms with E-state index in [2.05, 4.69) is 24.0 Å². The van der Waals surface area contributed by atoms with Gasteiger partial charge in [-0.3, -0.25) is 0 Å². The molecule has 0 heterocycles. The van der Waals surface area contributed by atoms with Crippen LogP contribution in [0.15, 0.2) is 43.0 Å². The Hall–Kier alpha value is -1.06. The third-order valence-electron chi connectivity index (χ3n) is 4.42. The molecule has 0 aliphatic heterocycles. The van der Waals surface area contributed by atoms with Gasteiger partial charge in [-0.2, -0.15) is 0 Å². The van der Waals surface area contributed by atoms with E-state index in [9.17, 15) is 0 Å². The molecule has 0 amide bonds. The number of nitrogens with one attached hydrogen (secondary N) is 1. The molecule has 26 heavy (non-hydrogen) atoms. The van der Waals surface area contributed by atoms with Gasteiger partial charge in [0.05, 0.1) is 6.04 Å². The molecule has 148 valence electrons. The lowest BCUT2D eigenvalue weighted by Gasteiger charge is -2.29. The third-order valence-corrected chi connectivity index (χ3v) is 7.21. The lowest BCUT2D eigenvalue weighted by molar-refractivity contribution is 0.0960. The smallest absolute Gasteiger partial charge is 0.377 e. The molecule has 6 nitrogen and oxygen atoms in total. The summed E-state index contributed by atoms with van der Waals surface area (Å²) in [6, 6.07) is 11.3. The molecule has 1 aromatic rings. The Bertz CT molecular complexity index is 486. The first kappa shape index (κ1) is 23.0. The molecule has 0 spiro atoms. The van der Waals surface area contributed by atoms with Gasteiger partial charge in [0.1, 0.15) is 0 Å². The highest BCUT2D eigenvalue weighted by molar-refractivity contribution is 6.60. The van der Waals surface area contributed by atoms with E-state index >= 15 is 0 Å². The maximum atomic E-state index is 5.95. The Labute approximate surface area is 159 Å². The highest BCUT2D eigenvalue weighted by Crippen LogP contribution is 2.21. The first-order valence-electron chi connectivity index (χ1n) is 9.22. The van der Waals surface area contributed by atoms with Crippen LogP contribution in [0.25, 0.3) is 0 Å². The molecule has 0 radical (unpaired) electrons. The fourth-order valence-corrected chi connectivity index (χ4v) is 4.98. The molecule has 0 saturated carbocycles. The second-order valence-corrected chi connectivity index (χ2v) is 9.16. The van der Waals surface area contributed by atoms with Gasteiger partial charge >= 0.3 is 8.80 Å². The molecule has 0 aromatic heterocycles. The summed E-state index contributed by atoms with van der Waals surface area (Å²) in [6.45, 7) is 5.73. The zero-order valence-electron chi connectivity index (χ0n) is 16.2. The van der Waals surface area contributed by atoms with Crippen molar-refractivity contribution in [3.8, 4) is 0 Å². The van der Waals surface area contributed by atoms with Gasteiger partial charge in [0.25, 0.3) is 0 Å². The molecule has 1 rings (SSSR count). The van der Waals surface area contributed by atoms with Crippen LogP contribution < -0.4 is 16.8 Å². The predicted molar refractivity (Wildman–Crippen MR) is 109 cm³/mol. The van der Waals surface area contributed by atoms with Crippen LogP contribution in [0.2, 0.25) is 6.04 Å². The van der Waals surface area contributed by atoms with Crippen molar-refractivity contribution in [1.29, 1.82) is 0 Å². The van der Waals surface area contributed by atoms with Crippen molar-refractivity contribution < 1.29 is 13.3 Å². The first-order valence-corrected chi connectivity index (χ1v) is 11.2. The topological polar surface area (TPSA) is 91.8 Å². The van der Waals surface area contributed by atoms with Gasteiger partial charge in [0.15, 0.2) is 0 Å². The molecule has 5 N–H and O–H groups in total. The number of benzene rings is 1. The summed E-state index contributed by atoms with van der Waals surface area (Å²) >= 11 is 0. The zero-order valence-corrected chi connectivity index (χ0v) is 17.2. The highest BCUT2D eigenvalue weighted by Gasteiger charge is 2.39. The predicted octanol–water partition coefficient (Wildman–Crippen LogP) is 2.21. The molecule has 1 aromatic carbocycles. The lowest BCUT2D eigenvalue weighted by Crippen LogP contribution is -2.46. The van der Waals surface area contributed by atoms with Crippen molar-refractivity contribution in [1.82, 2.24) is 5.32 Å². The molecule has 0 fully saturated rings. The summed E-state index contributed by atoms with van der Waals surface area (Å²) < 4.78 is 17.3. The summed E-state index contributed by atoms with van der Waals surface area (Å²) in [5.41, 5.74) is 12.6. The van der Waals surface area contributed by atoms with Gasteiger partial charge in [0.2, 0.25) is 0 Å². The van der Waals surface area contributed by atoms with Crippen molar-refractivity contribution in [3.63, 3.8) is 0 Å². The van der Waals surface area contributed by atoms with Crippen molar-refractivity contribution >= 4 is 8.80 Å². The molecule has 0 saturated heterocycles. The van der Waals surface area contributed by atoms with Crippen molar-refractivity contribution in [2.24, 2.45) is 11.5 Å². The number of rotatable bonds is 15. The van der Waals surface area contributed by atoms with E-state index in [1.54, 1.807) is 14.2 Å². The zero-order chi connectivity index (χ0) is 19.3. The molecule has 0 bridgehead atoms. The standard InChI is InChI=1S/C19H35N3O3Si/c1-4-19(17-9-6-5-7-10-17)22-18(11-14-21)12-16-26(23-2,24-3)25-15-8-13-20/h4-7,9-10,18-19,22H,1,8,11-16,20-21H2,2-3H3. The minimum atomic E-state index is -2.68. The Kier molecular flexibility index (Phi) is 11.6. The molecule has 7 heteroatoms. The SMILES string of the molecule is C=CC(NC(CCN)CC[Si](OC)(OC)OCCCN)c1ccccc1. The summed E-state index contributed by atoms with van der Waals surface area (Å²) in [6.07, 6.45) is 4.43. The Morgan fingerprint density at radius 3 is 2.35 bits per heavy atom. The van der Waals surface area contributed by atoms with Gasteiger partial charge in [-0.15, -0.1) is 6.58 Å². The fraction of sp³-hybridized carbons (Fsp3) is 0.579.